The van der Waals surface area contributed by atoms with E-state index < -0.39 is 0 Å². The van der Waals surface area contributed by atoms with Crippen LogP contribution in [0.4, 0.5) is 5.82 Å². The summed E-state index contributed by atoms with van der Waals surface area (Å²) < 4.78 is 3.98. The van der Waals surface area contributed by atoms with Crippen molar-refractivity contribution in [3.8, 4) is 11.1 Å². The molecule has 0 bridgehead atoms. The first-order valence-electron chi connectivity index (χ1n) is 12.6. The summed E-state index contributed by atoms with van der Waals surface area (Å²) in [5.41, 5.74) is 12.8. The largest absolute Gasteiger partial charge is 0.382 e. The Labute approximate surface area is 205 Å². The van der Waals surface area contributed by atoms with Crippen LogP contribution in [0.2, 0.25) is 0 Å². The third kappa shape index (κ3) is 4.51. The van der Waals surface area contributed by atoms with Crippen molar-refractivity contribution in [1.82, 2.24) is 29.3 Å². The number of hydrogen-bond acceptors (Lipinski definition) is 5. The number of benzene rings is 2. The van der Waals surface area contributed by atoms with E-state index >= 15 is 0 Å². The Morgan fingerprint density at radius 2 is 1.80 bits per heavy atom. The Hall–Kier alpha value is -3.71. The smallest absolute Gasteiger partial charge is 0.151 e. The molecule has 0 aliphatic carbocycles. The van der Waals surface area contributed by atoms with E-state index in [1.54, 1.807) is 6.33 Å². The maximum atomic E-state index is 6.35. The van der Waals surface area contributed by atoms with Crippen LogP contribution in [0.5, 0.6) is 0 Å². The second kappa shape index (κ2) is 9.50. The van der Waals surface area contributed by atoms with Gasteiger partial charge in [0.2, 0.25) is 0 Å². The van der Waals surface area contributed by atoms with Gasteiger partial charge < -0.3 is 10.6 Å². The molecule has 0 amide bonds. The number of anilines is 1. The summed E-state index contributed by atoms with van der Waals surface area (Å²) in [6.45, 7) is 4.45. The van der Waals surface area contributed by atoms with Gasteiger partial charge in [0.05, 0.1) is 12.1 Å². The Morgan fingerprint density at radius 1 is 0.943 bits per heavy atom. The van der Waals surface area contributed by atoms with E-state index in [4.69, 9.17) is 10.8 Å². The lowest BCUT2D eigenvalue weighted by Crippen LogP contribution is -2.20. The molecule has 178 valence electrons. The van der Waals surface area contributed by atoms with Gasteiger partial charge >= 0.3 is 0 Å². The summed E-state index contributed by atoms with van der Waals surface area (Å²) in [6.07, 6.45) is 9.65. The minimum atomic E-state index is 0.507. The van der Waals surface area contributed by atoms with E-state index in [2.05, 4.69) is 69.7 Å². The van der Waals surface area contributed by atoms with Crippen LogP contribution < -0.4 is 5.73 Å². The zero-order chi connectivity index (χ0) is 23.6. The highest BCUT2D eigenvalue weighted by atomic mass is 15.3. The van der Waals surface area contributed by atoms with Crippen LogP contribution in [-0.4, -0.2) is 48.9 Å². The number of nitrogens with two attached hydrogens (primary N) is 1. The van der Waals surface area contributed by atoms with Crippen LogP contribution in [-0.2, 0) is 13.0 Å². The number of fused-ring (bicyclic) bond motifs is 2. The molecule has 4 heterocycles. The molecule has 1 fully saturated rings. The van der Waals surface area contributed by atoms with Gasteiger partial charge in [-0.1, -0.05) is 42.5 Å². The molecular weight excluding hydrogens is 434 g/mol. The zero-order valence-electron chi connectivity index (χ0n) is 20.0. The normalized spacial score (nSPS) is 14.4. The fourth-order valence-corrected chi connectivity index (χ4v) is 5.27. The van der Waals surface area contributed by atoms with E-state index in [1.807, 2.05) is 15.3 Å². The van der Waals surface area contributed by atoms with Gasteiger partial charge in [0, 0.05) is 22.8 Å². The Balaban J connectivity index is 1.27. The van der Waals surface area contributed by atoms with Crippen LogP contribution >= 0.6 is 0 Å². The number of rotatable bonds is 8. The van der Waals surface area contributed by atoms with Crippen molar-refractivity contribution in [3.05, 3.63) is 78.4 Å². The van der Waals surface area contributed by atoms with E-state index in [-0.39, 0.29) is 0 Å². The number of nitrogens with zero attached hydrogens (tertiary/aromatic N) is 6. The van der Waals surface area contributed by atoms with Gasteiger partial charge in [0.15, 0.2) is 5.82 Å². The van der Waals surface area contributed by atoms with Crippen molar-refractivity contribution < 1.29 is 0 Å². The highest BCUT2D eigenvalue weighted by Crippen LogP contribution is 2.32. The average molecular weight is 466 g/mol. The summed E-state index contributed by atoms with van der Waals surface area (Å²) in [5, 5.41) is 10.5. The lowest BCUT2D eigenvalue weighted by Gasteiger charge is -2.13. The van der Waals surface area contributed by atoms with Crippen molar-refractivity contribution in [3.63, 3.8) is 0 Å². The van der Waals surface area contributed by atoms with Crippen molar-refractivity contribution in [2.45, 2.75) is 38.6 Å². The van der Waals surface area contributed by atoms with Crippen LogP contribution in [0.15, 0.2) is 67.1 Å². The summed E-state index contributed by atoms with van der Waals surface area (Å²) in [6, 6.07) is 19.1. The molecule has 35 heavy (non-hydrogen) atoms. The molecule has 3 aromatic heterocycles. The van der Waals surface area contributed by atoms with Gasteiger partial charge in [-0.25, -0.2) is 9.50 Å². The molecular formula is C28H31N7. The molecule has 0 spiro atoms. The minimum Gasteiger partial charge on any atom is -0.382 e. The maximum absolute atomic E-state index is 6.35. The highest BCUT2D eigenvalue weighted by Gasteiger charge is 2.17. The third-order valence-electron chi connectivity index (χ3n) is 7.07. The molecule has 7 nitrogen and oxygen atoms in total. The van der Waals surface area contributed by atoms with Gasteiger partial charge in [0.25, 0.3) is 0 Å². The first-order chi connectivity index (χ1) is 17.2. The van der Waals surface area contributed by atoms with Crippen LogP contribution in [0.25, 0.3) is 27.5 Å². The average Bonchev–Trinajstić information content (AvgIpc) is 3.61. The first kappa shape index (κ1) is 21.8. The van der Waals surface area contributed by atoms with Crippen molar-refractivity contribution in [2.24, 2.45) is 0 Å². The number of hydrogen-bond donors (Lipinski definition) is 1. The molecule has 0 saturated carbocycles. The molecule has 7 heteroatoms. The summed E-state index contributed by atoms with van der Waals surface area (Å²) in [7, 11) is 0. The van der Waals surface area contributed by atoms with Gasteiger partial charge in [-0.2, -0.15) is 10.2 Å². The van der Waals surface area contributed by atoms with E-state index in [9.17, 15) is 0 Å². The number of aryl methyl sites for hydroxylation is 1. The molecule has 2 aromatic carbocycles. The molecule has 1 aliphatic rings. The first-order valence-corrected chi connectivity index (χ1v) is 12.6. The molecule has 0 unspecified atom stereocenters. The third-order valence-corrected chi connectivity index (χ3v) is 7.07. The van der Waals surface area contributed by atoms with Crippen molar-refractivity contribution in [2.75, 3.05) is 25.4 Å². The number of likely N-dealkylation sites (tertiary alicyclic amines) is 1. The molecule has 2 N–H and O–H groups in total. The van der Waals surface area contributed by atoms with Crippen LogP contribution in [0.3, 0.4) is 0 Å². The highest BCUT2D eigenvalue weighted by molar-refractivity contribution is 5.92. The Bertz CT molecular complexity index is 1440. The van der Waals surface area contributed by atoms with Gasteiger partial charge in [0.1, 0.15) is 11.8 Å². The Kier molecular flexibility index (Phi) is 5.92. The fraction of sp³-hybridized carbons (Fsp3) is 0.321. The second-order valence-corrected chi connectivity index (χ2v) is 9.55. The Morgan fingerprint density at radius 3 is 2.66 bits per heavy atom. The summed E-state index contributed by atoms with van der Waals surface area (Å²) >= 11 is 0. The number of unbranched alkanes of at least 4 members (excludes halogenated alkanes) is 1. The molecule has 6 rings (SSSR count). The van der Waals surface area contributed by atoms with Gasteiger partial charge in [-0.15, -0.1) is 0 Å². The monoisotopic (exact) mass is 465 g/mol. The van der Waals surface area contributed by atoms with Gasteiger partial charge in [-0.3, -0.25) is 4.68 Å². The fourth-order valence-electron chi connectivity index (χ4n) is 5.27. The molecule has 0 radical (unpaired) electrons. The molecule has 1 aliphatic heterocycles. The lowest BCUT2D eigenvalue weighted by atomic mass is 10.0. The molecule has 1 saturated heterocycles. The zero-order valence-corrected chi connectivity index (χ0v) is 20.0. The van der Waals surface area contributed by atoms with E-state index in [0.29, 0.717) is 5.82 Å². The van der Waals surface area contributed by atoms with Crippen LogP contribution in [0, 0.1) is 0 Å². The molecule has 0 atom stereocenters. The number of nitrogen functional groups attached to an aromatic ring is 1. The van der Waals surface area contributed by atoms with Crippen LogP contribution in [0.1, 0.15) is 36.9 Å². The lowest BCUT2D eigenvalue weighted by molar-refractivity contribution is 0.330. The second-order valence-electron chi connectivity index (χ2n) is 9.55. The maximum Gasteiger partial charge on any atom is 0.151 e. The summed E-state index contributed by atoms with van der Waals surface area (Å²) in [5.74, 6) is 0.507. The quantitative estimate of drug-likeness (QED) is 0.333. The van der Waals surface area contributed by atoms with Crippen molar-refractivity contribution >= 4 is 22.2 Å². The predicted octanol–water partition coefficient (Wildman–Crippen LogP) is 4.80. The minimum absolute atomic E-state index is 0.507. The van der Waals surface area contributed by atoms with E-state index in [0.717, 1.165) is 46.9 Å². The topological polar surface area (TPSA) is 77.3 Å². The number of aromatic nitrogens is 5. The van der Waals surface area contributed by atoms with Gasteiger partial charge in [-0.05, 0) is 75.0 Å². The SMILES string of the molecule is Nc1ncnn2c(CCCCN3CCCC3)cc(-c3ccc4cn(Cc5ccccc5)nc4c3)c12. The molecule has 5 aromatic rings. The van der Waals surface area contributed by atoms with E-state index in [1.165, 1.54) is 50.2 Å². The van der Waals surface area contributed by atoms with Crippen molar-refractivity contribution in [1.29, 1.82) is 0 Å². The standard InChI is InChI=1S/C28H31N7/c29-28-27-25(17-24(35(27)31-20-30-28)10-4-5-13-33-14-6-7-15-33)22-11-12-23-19-34(32-26(23)16-22)18-21-8-2-1-3-9-21/h1-3,8-9,11-12,16-17,19-20H,4-7,10,13-15,18H2,(H2,29,30,31). The summed E-state index contributed by atoms with van der Waals surface area (Å²) in [4.78, 5) is 6.87. The predicted molar refractivity (Wildman–Crippen MR) is 140 cm³/mol.